The minimum atomic E-state index is -3.30. The highest BCUT2D eigenvalue weighted by Crippen LogP contribution is 2.19. The molecule has 0 aromatic heterocycles. The number of hydrogen-bond acceptors (Lipinski definition) is 2. The van der Waals surface area contributed by atoms with E-state index >= 15 is 0 Å². The fraction of sp³-hybridized carbons (Fsp3) is 0.600. The van der Waals surface area contributed by atoms with Crippen molar-refractivity contribution in [2.45, 2.75) is 39.7 Å². The molecule has 2 unspecified atom stereocenters. The van der Waals surface area contributed by atoms with E-state index in [0.717, 1.165) is 5.56 Å². The second-order valence-electron chi connectivity index (χ2n) is 5.70. The number of sulfonamides is 1. The zero-order valence-corrected chi connectivity index (χ0v) is 14.1. The van der Waals surface area contributed by atoms with Crippen molar-refractivity contribution in [1.82, 2.24) is 4.72 Å². The maximum atomic E-state index is 12.0. The van der Waals surface area contributed by atoms with Gasteiger partial charge in [-0.1, -0.05) is 45.0 Å². The van der Waals surface area contributed by atoms with E-state index in [1.165, 1.54) is 5.56 Å². The Morgan fingerprint density at radius 3 is 2.00 bits per heavy atom. The summed E-state index contributed by atoms with van der Waals surface area (Å²) < 4.78 is 26.7. The van der Waals surface area contributed by atoms with Gasteiger partial charge in [-0.15, -0.1) is 11.6 Å². The summed E-state index contributed by atoms with van der Waals surface area (Å²) in [4.78, 5) is 0. The molecule has 0 heterocycles. The van der Waals surface area contributed by atoms with Crippen molar-refractivity contribution in [3.63, 3.8) is 0 Å². The first kappa shape index (κ1) is 17.5. The summed E-state index contributed by atoms with van der Waals surface area (Å²) in [5.74, 6) is 0.828. The minimum absolute atomic E-state index is 0.0512. The lowest BCUT2D eigenvalue weighted by molar-refractivity contribution is 0.555. The Morgan fingerprint density at radius 2 is 1.55 bits per heavy atom. The molecule has 0 radical (unpaired) electrons. The molecule has 1 rings (SSSR count). The molecule has 1 N–H and O–H groups in total. The molecule has 3 nitrogen and oxygen atoms in total. The van der Waals surface area contributed by atoms with Crippen LogP contribution in [0, 0.1) is 5.92 Å². The van der Waals surface area contributed by atoms with Crippen LogP contribution in [-0.4, -0.2) is 20.1 Å². The molecular formula is C15H24ClNO2S. The molecule has 5 heteroatoms. The molecule has 1 aromatic carbocycles. The second-order valence-corrected chi connectivity index (χ2v) is 7.81. The molecular weight excluding hydrogens is 294 g/mol. The first-order valence-corrected chi connectivity index (χ1v) is 9.09. The van der Waals surface area contributed by atoms with Gasteiger partial charge in [0.25, 0.3) is 0 Å². The van der Waals surface area contributed by atoms with E-state index in [1.807, 2.05) is 38.1 Å². The van der Waals surface area contributed by atoms with Crippen molar-refractivity contribution >= 4 is 21.6 Å². The van der Waals surface area contributed by atoms with Gasteiger partial charge >= 0.3 is 0 Å². The Bertz CT molecular complexity index is 511. The molecule has 0 spiro atoms. The molecule has 0 amide bonds. The monoisotopic (exact) mass is 317 g/mol. The van der Waals surface area contributed by atoms with Gasteiger partial charge in [0.1, 0.15) is 0 Å². The Labute approximate surface area is 127 Å². The summed E-state index contributed by atoms with van der Waals surface area (Å²) in [6.07, 6.45) is 0. The summed E-state index contributed by atoms with van der Waals surface area (Å²) in [5.41, 5.74) is 2.22. The van der Waals surface area contributed by atoms with Gasteiger partial charge in [-0.3, -0.25) is 0 Å². The van der Waals surface area contributed by atoms with Crippen molar-refractivity contribution in [3.8, 4) is 0 Å². The molecule has 2 atom stereocenters. The van der Waals surface area contributed by atoms with Crippen molar-refractivity contribution < 1.29 is 8.42 Å². The van der Waals surface area contributed by atoms with Gasteiger partial charge in [-0.05, 0) is 29.9 Å². The van der Waals surface area contributed by atoms with E-state index in [4.69, 9.17) is 11.6 Å². The Hall–Kier alpha value is -0.580. The molecule has 0 fully saturated rings. The van der Waals surface area contributed by atoms with Crippen LogP contribution in [0.25, 0.3) is 0 Å². The molecule has 1 aromatic rings. The number of alkyl halides is 1. The van der Waals surface area contributed by atoms with Crippen LogP contribution in [0.5, 0.6) is 0 Å². The zero-order chi connectivity index (χ0) is 15.3. The first-order chi connectivity index (χ1) is 9.25. The topological polar surface area (TPSA) is 46.2 Å². The van der Waals surface area contributed by atoms with Gasteiger partial charge in [0, 0.05) is 11.9 Å². The number of hydrogen-bond donors (Lipinski definition) is 1. The average Bonchev–Trinajstić information content (AvgIpc) is 2.37. The van der Waals surface area contributed by atoms with Crippen LogP contribution in [0.3, 0.4) is 0 Å². The lowest BCUT2D eigenvalue weighted by Crippen LogP contribution is -2.31. The predicted octanol–water partition coefficient (Wildman–Crippen LogP) is 3.67. The normalized spacial score (nSPS) is 15.3. The highest BCUT2D eigenvalue weighted by Gasteiger charge is 2.18. The second kappa shape index (κ2) is 7.43. The van der Waals surface area contributed by atoms with Crippen LogP contribution in [0.2, 0.25) is 0 Å². The number of benzene rings is 1. The third-order valence-corrected chi connectivity index (χ3v) is 5.47. The third-order valence-electron chi connectivity index (χ3n) is 3.23. The fourth-order valence-corrected chi connectivity index (χ4v) is 3.85. The molecule has 0 saturated heterocycles. The van der Waals surface area contributed by atoms with Crippen LogP contribution < -0.4 is 4.72 Å². The van der Waals surface area contributed by atoms with Crippen LogP contribution in [0.4, 0.5) is 0 Å². The summed E-state index contributed by atoms with van der Waals surface area (Å²) in [6, 6.07) is 7.82. The third kappa shape index (κ3) is 5.43. The Morgan fingerprint density at radius 1 is 1.05 bits per heavy atom. The zero-order valence-electron chi connectivity index (χ0n) is 12.6. The number of rotatable bonds is 7. The number of nitrogens with one attached hydrogen (secondary N) is 1. The number of halogens is 1. The van der Waals surface area contributed by atoms with Gasteiger partial charge < -0.3 is 0 Å². The summed E-state index contributed by atoms with van der Waals surface area (Å²) >= 11 is 5.67. The van der Waals surface area contributed by atoms with Crippen molar-refractivity contribution in [1.29, 1.82) is 0 Å². The van der Waals surface area contributed by atoms with E-state index in [2.05, 4.69) is 18.6 Å². The molecule has 0 aliphatic rings. The Kier molecular flexibility index (Phi) is 6.49. The largest absolute Gasteiger partial charge is 0.212 e. The van der Waals surface area contributed by atoms with Gasteiger partial charge in [0.15, 0.2) is 0 Å². The molecule has 20 heavy (non-hydrogen) atoms. The maximum Gasteiger partial charge on any atom is 0.212 e. The lowest BCUT2D eigenvalue weighted by Gasteiger charge is -2.17. The van der Waals surface area contributed by atoms with Crippen molar-refractivity contribution in [3.05, 3.63) is 35.4 Å². The quantitative estimate of drug-likeness (QED) is 0.780. The molecule has 0 aliphatic carbocycles. The summed E-state index contributed by atoms with van der Waals surface area (Å²) in [5, 5.41) is 0. The highest BCUT2D eigenvalue weighted by atomic mass is 35.5. The van der Waals surface area contributed by atoms with Crippen LogP contribution in [0.1, 0.15) is 50.8 Å². The predicted molar refractivity (Wildman–Crippen MR) is 85.8 cm³/mol. The molecule has 0 aliphatic heterocycles. The molecule has 0 saturated carbocycles. The smallest absolute Gasteiger partial charge is 0.212 e. The van der Waals surface area contributed by atoms with E-state index in [1.54, 1.807) is 0 Å². The van der Waals surface area contributed by atoms with E-state index < -0.39 is 10.0 Å². The van der Waals surface area contributed by atoms with E-state index in [-0.39, 0.29) is 17.7 Å². The van der Waals surface area contributed by atoms with Crippen LogP contribution >= 0.6 is 11.6 Å². The van der Waals surface area contributed by atoms with Gasteiger partial charge in [-0.2, -0.15) is 0 Å². The SMILES string of the molecule is CC(CCl)CS(=O)(=O)NC(C)c1ccc(C(C)C)cc1. The van der Waals surface area contributed by atoms with Gasteiger partial charge in [-0.25, -0.2) is 13.1 Å². The Balaban J connectivity index is 2.73. The molecule has 114 valence electrons. The summed E-state index contributed by atoms with van der Waals surface area (Å²) in [7, 11) is -3.30. The van der Waals surface area contributed by atoms with Crippen molar-refractivity contribution in [2.75, 3.05) is 11.6 Å². The maximum absolute atomic E-state index is 12.0. The average molecular weight is 318 g/mol. The molecule has 0 bridgehead atoms. The van der Waals surface area contributed by atoms with Crippen molar-refractivity contribution in [2.24, 2.45) is 5.92 Å². The highest BCUT2D eigenvalue weighted by molar-refractivity contribution is 7.89. The van der Waals surface area contributed by atoms with Gasteiger partial charge in [0.05, 0.1) is 5.75 Å². The van der Waals surface area contributed by atoms with E-state index in [0.29, 0.717) is 11.8 Å². The van der Waals surface area contributed by atoms with Gasteiger partial charge in [0.2, 0.25) is 10.0 Å². The fourth-order valence-electron chi connectivity index (χ4n) is 1.97. The van der Waals surface area contributed by atoms with Crippen LogP contribution in [0.15, 0.2) is 24.3 Å². The first-order valence-electron chi connectivity index (χ1n) is 6.91. The minimum Gasteiger partial charge on any atom is -0.212 e. The van der Waals surface area contributed by atoms with E-state index in [9.17, 15) is 8.42 Å². The lowest BCUT2D eigenvalue weighted by atomic mass is 10.00. The standard InChI is InChI=1S/C15H24ClNO2S/c1-11(2)14-5-7-15(8-6-14)13(4)17-20(18,19)10-12(3)9-16/h5-8,11-13,17H,9-10H2,1-4H3. The van der Waals surface area contributed by atoms with Crippen LogP contribution in [-0.2, 0) is 10.0 Å². The summed E-state index contributed by atoms with van der Waals surface area (Å²) in [6.45, 7) is 7.95.